The molecular formula is C25H28Cl2IN5O2S. The zero-order valence-corrected chi connectivity index (χ0v) is 25.1. The lowest BCUT2D eigenvalue weighted by Gasteiger charge is -2.22. The summed E-state index contributed by atoms with van der Waals surface area (Å²) in [6.45, 7) is 8.18. The number of hydrogen-bond acceptors (Lipinski definition) is 5. The van der Waals surface area contributed by atoms with E-state index in [2.05, 4.69) is 63.3 Å². The maximum absolute atomic E-state index is 12.9. The van der Waals surface area contributed by atoms with Gasteiger partial charge in [-0.3, -0.25) is 9.59 Å². The Kier molecular flexibility index (Phi) is 10.1. The SMILES string of the molecule is CC(C)c1cc(I)ccc1NC(=O)CSc1nnc([C@H](NC(=O)c2ccc(Cl)c(Cl)c2)C(C)C)n1C. The molecule has 0 saturated heterocycles. The van der Waals surface area contributed by atoms with Gasteiger partial charge >= 0.3 is 0 Å². The molecule has 0 aliphatic heterocycles. The van der Waals surface area contributed by atoms with E-state index in [0.29, 0.717) is 26.6 Å². The maximum Gasteiger partial charge on any atom is 0.251 e. The van der Waals surface area contributed by atoms with Gasteiger partial charge in [0.05, 0.1) is 21.8 Å². The number of nitrogens with zero attached hydrogens (tertiary/aromatic N) is 3. The number of carbonyl (C=O) groups excluding carboxylic acids is 2. The molecule has 0 aliphatic carbocycles. The summed E-state index contributed by atoms with van der Waals surface area (Å²) >= 11 is 15.6. The zero-order valence-electron chi connectivity index (χ0n) is 20.6. The topological polar surface area (TPSA) is 88.9 Å². The molecule has 3 aromatic rings. The fourth-order valence-corrected chi connectivity index (χ4v) is 5.09. The number of benzene rings is 2. The Bertz CT molecular complexity index is 1270. The molecule has 7 nitrogen and oxygen atoms in total. The molecule has 11 heteroatoms. The highest BCUT2D eigenvalue weighted by Gasteiger charge is 2.26. The number of carbonyl (C=O) groups is 2. The largest absolute Gasteiger partial charge is 0.342 e. The van der Waals surface area contributed by atoms with Crippen LogP contribution in [0.1, 0.15) is 61.4 Å². The molecule has 3 rings (SSSR count). The van der Waals surface area contributed by atoms with E-state index in [1.807, 2.05) is 37.6 Å². The summed E-state index contributed by atoms with van der Waals surface area (Å²) in [5.41, 5.74) is 2.32. The summed E-state index contributed by atoms with van der Waals surface area (Å²) in [7, 11) is 1.83. The van der Waals surface area contributed by atoms with Gasteiger partial charge in [-0.05, 0) is 76.4 Å². The van der Waals surface area contributed by atoms with Gasteiger partial charge in [-0.1, -0.05) is 62.7 Å². The van der Waals surface area contributed by atoms with Gasteiger partial charge in [-0.2, -0.15) is 0 Å². The smallest absolute Gasteiger partial charge is 0.251 e. The Hall–Kier alpha value is -1.82. The third kappa shape index (κ3) is 7.14. The van der Waals surface area contributed by atoms with Crippen molar-refractivity contribution in [2.75, 3.05) is 11.1 Å². The van der Waals surface area contributed by atoms with Crippen LogP contribution in [-0.2, 0) is 11.8 Å². The molecule has 2 N–H and O–H groups in total. The first kappa shape index (κ1) is 28.7. The minimum absolute atomic E-state index is 0.0381. The van der Waals surface area contributed by atoms with Gasteiger partial charge in [0.2, 0.25) is 5.91 Å². The van der Waals surface area contributed by atoms with Crippen LogP contribution in [-0.4, -0.2) is 32.3 Å². The summed E-state index contributed by atoms with van der Waals surface area (Å²) in [6, 6.07) is 10.3. The third-order valence-electron chi connectivity index (χ3n) is 5.52. The zero-order chi connectivity index (χ0) is 26.6. The highest BCUT2D eigenvalue weighted by Crippen LogP contribution is 2.28. The molecule has 0 bridgehead atoms. The average Bonchev–Trinajstić information content (AvgIpc) is 3.18. The molecule has 2 aromatic carbocycles. The first-order chi connectivity index (χ1) is 17.0. The van der Waals surface area contributed by atoms with Crippen LogP contribution >= 0.6 is 57.6 Å². The van der Waals surface area contributed by atoms with Crippen LogP contribution in [0.25, 0.3) is 0 Å². The number of aromatic nitrogens is 3. The molecule has 1 atom stereocenters. The molecule has 0 fully saturated rings. The summed E-state index contributed by atoms with van der Waals surface area (Å²) < 4.78 is 2.93. The van der Waals surface area contributed by atoms with Gasteiger partial charge in [0.15, 0.2) is 11.0 Å². The molecule has 1 aromatic heterocycles. The van der Waals surface area contributed by atoms with Crippen LogP contribution in [0.4, 0.5) is 5.69 Å². The molecule has 192 valence electrons. The van der Waals surface area contributed by atoms with Crippen molar-refractivity contribution in [3.63, 3.8) is 0 Å². The van der Waals surface area contributed by atoms with E-state index < -0.39 is 6.04 Å². The molecule has 2 amide bonds. The number of amides is 2. The van der Waals surface area contributed by atoms with E-state index in [1.54, 1.807) is 12.1 Å². The number of halogens is 3. The van der Waals surface area contributed by atoms with E-state index in [1.165, 1.54) is 17.8 Å². The lowest BCUT2D eigenvalue weighted by molar-refractivity contribution is -0.113. The van der Waals surface area contributed by atoms with Crippen LogP contribution in [0, 0.1) is 9.49 Å². The molecule has 36 heavy (non-hydrogen) atoms. The highest BCUT2D eigenvalue weighted by molar-refractivity contribution is 14.1. The second-order valence-corrected chi connectivity index (χ2v) is 11.9. The van der Waals surface area contributed by atoms with Gasteiger partial charge in [0, 0.05) is 21.9 Å². The average molecular weight is 660 g/mol. The Morgan fingerprint density at radius 2 is 1.78 bits per heavy atom. The predicted molar refractivity (Wildman–Crippen MR) is 155 cm³/mol. The molecule has 0 spiro atoms. The Balaban J connectivity index is 1.69. The Labute approximate surface area is 239 Å². The van der Waals surface area contributed by atoms with Gasteiger partial charge in [0.1, 0.15) is 0 Å². The highest BCUT2D eigenvalue weighted by atomic mass is 127. The lowest BCUT2D eigenvalue weighted by Crippen LogP contribution is -2.33. The minimum atomic E-state index is -0.395. The van der Waals surface area contributed by atoms with Crippen molar-refractivity contribution in [1.82, 2.24) is 20.1 Å². The fraction of sp³-hybridized carbons (Fsp3) is 0.360. The number of hydrogen-bond donors (Lipinski definition) is 2. The molecule has 0 unspecified atom stereocenters. The van der Waals surface area contributed by atoms with Crippen LogP contribution < -0.4 is 10.6 Å². The van der Waals surface area contributed by atoms with Gasteiger partial charge in [0.25, 0.3) is 5.91 Å². The first-order valence-corrected chi connectivity index (χ1v) is 14.2. The second-order valence-electron chi connectivity index (χ2n) is 8.95. The van der Waals surface area contributed by atoms with Crippen LogP contribution in [0.2, 0.25) is 10.0 Å². The van der Waals surface area contributed by atoms with E-state index in [9.17, 15) is 9.59 Å². The van der Waals surface area contributed by atoms with Crippen molar-refractivity contribution in [3.8, 4) is 0 Å². The van der Waals surface area contributed by atoms with Crippen molar-refractivity contribution in [1.29, 1.82) is 0 Å². The van der Waals surface area contributed by atoms with Gasteiger partial charge in [-0.15, -0.1) is 10.2 Å². The van der Waals surface area contributed by atoms with Crippen molar-refractivity contribution in [2.45, 2.75) is 44.8 Å². The molecule has 0 radical (unpaired) electrons. The van der Waals surface area contributed by atoms with Crippen LogP contribution in [0.5, 0.6) is 0 Å². The molecule has 1 heterocycles. The number of thioether (sulfide) groups is 1. The van der Waals surface area contributed by atoms with Crippen molar-refractivity contribution in [2.24, 2.45) is 13.0 Å². The second kappa shape index (κ2) is 12.6. The number of anilines is 1. The molecule has 0 aliphatic rings. The van der Waals surface area contributed by atoms with Crippen molar-refractivity contribution in [3.05, 3.63) is 67.0 Å². The quantitative estimate of drug-likeness (QED) is 0.197. The Morgan fingerprint density at radius 3 is 2.42 bits per heavy atom. The fourth-order valence-electron chi connectivity index (χ4n) is 3.56. The number of rotatable bonds is 9. The predicted octanol–water partition coefficient (Wildman–Crippen LogP) is 6.71. The standard InChI is InChI=1S/C25H28Cl2IN5O2S/c1-13(2)17-11-16(28)7-9-20(17)29-21(34)12-36-25-32-31-23(33(25)5)22(14(3)4)30-24(35)15-6-8-18(26)19(27)10-15/h6-11,13-14,22H,12H2,1-5H3,(H,29,34)(H,30,35)/t22-/m1/s1. The third-order valence-corrected chi connectivity index (χ3v) is 7.95. The first-order valence-electron chi connectivity index (χ1n) is 11.3. The van der Waals surface area contributed by atoms with Gasteiger partial charge < -0.3 is 15.2 Å². The maximum atomic E-state index is 12.9. The molecule has 0 saturated carbocycles. The van der Waals surface area contributed by atoms with Gasteiger partial charge in [-0.25, -0.2) is 0 Å². The van der Waals surface area contributed by atoms with Crippen LogP contribution in [0.3, 0.4) is 0 Å². The Morgan fingerprint density at radius 1 is 1.06 bits per heavy atom. The lowest BCUT2D eigenvalue weighted by atomic mass is 10.0. The van der Waals surface area contributed by atoms with E-state index in [4.69, 9.17) is 23.2 Å². The minimum Gasteiger partial charge on any atom is -0.342 e. The van der Waals surface area contributed by atoms with Crippen molar-refractivity contribution >= 4 is 75.1 Å². The molecular weight excluding hydrogens is 632 g/mol. The van der Waals surface area contributed by atoms with E-state index in [-0.39, 0.29) is 29.4 Å². The van der Waals surface area contributed by atoms with Crippen LogP contribution in [0.15, 0.2) is 41.6 Å². The summed E-state index contributed by atoms with van der Waals surface area (Å²) in [5.74, 6) is 0.689. The summed E-state index contributed by atoms with van der Waals surface area (Å²) in [4.78, 5) is 25.6. The van der Waals surface area contributed by atoms with E-state index in [0.717, 1.165) is 14.8 Å². The van der Waals surface area contributed by atoms with Crippen molar-refractivity contribution < 1.29 is 9.59 Å². The van der Waals surface area contributed by atoms with E-state index >= 15 is 0 Å². The number of nitrogens with one attached hydrogen (secondary N) is 2. The monoisotopic (exact) mass is 659 g/mol. The normalized spacial score (nSPS) is 12.2. The summed E-state index contributed by atoms with van der Waals surface area (Å²) in [5, 5.41) is 15.9. The summed E-state index contributed by atoms with van der Waals surface area (Å²) in [6.07, 6.45) is 0.